The molecule has 0 aliphatic rings. The van der Waals surface area contributed by atoms with Gasteiger partial charge in [0.25, 0.3) is 0 Å². The topological polar surface area (TPSA) is 104 Å². The van der Waals surface area contributed by atoms with Gasteiger partial charge in [0.05, 0.1) is 5.75 Å². The van der Waals surface area contributed by atoms with Crippen molar-refractivity contribution in [1.29, 1.82) is 0 Å². The fourth-order valence-corrected chi connectivity index (χ4v) is 1.87. The molecule has 0 radical (unpaired) electrons. The molecule has 86 valence electrons. The minimum Gasteiger partial charge on any atom is -0.229 e. The summed E-state index contributed by atoms with van der Waals surface area (Å²) in [5, 5.41) is 16.1. The largest absolute Gasteiger partial charge is 0.229 e. The van der Waals surface area contributed by atoms with Crippen molar-refractivity contribution >= 4 is 22.7 Å². The Hall–Kier alpha value is -0.670. The van der Waals surface area contributed by atoms with Crippen LogP contribution in [0.4, 0.5) is 0 Å². The standard InChI is InChI=1S/C6H13N5O2S2/c7-15(12,13)5-3-1-2-4-11-6(14)8-9-10-11/h1-5H2,(H2,7,12,13)(H,8,10,14). The fourth-order valence-electron chi connectivity index (χ4n) is 1.09. The average molecular weight is 251 g/mol. The van der Waals surface area contributed by atoms with E-state index < -0.39 is 10.0 Å². The second-order valence-corrected chi connectivity index (χ2v) is 5.26. The molecular weight excluding hydrogens is 238 g/mol. The van der Waals surface area contributed by atoms with Crippen molar-refractivity contribution in [3.8, 4) is 0 Å². The second-order valence-electron chi connectivity index (χ2n) is 3.13. The molecule has 2 N–H and O–H groups in total. The maximum Gasteiger partial charge on any atom is 0.209 e. The number of nitrogens with zero attached hydrogens (tertiary/aromatic N) is 4. The molecule has 0 fully saturated rings. The van der Waals surface area contributed by atoms with E-state index in [0.717, 1.165) is 12.8 Å². The molecule has 0 amide bonds. The van der Waals surface area contributed by atoms with Gasteiger partial charge in [0.15, 0.2) is 0 Å². The highest BCUT2D eigenvalue weighted by molar-refractivity contribution is 7.89. The van der Waals surface area contributed by atoms with Crippen LogP contribution in [0.25, 0.3) is 0 Å². The summed E-state index contributed by atoms with van der Waals surface area (Å²) < 4.78 is 22.8. The van der Waals surface area contributed by atoms with Gasteiger partial charge in [-0.15, -0.1) is 17.7 Å². The lowest BCUT2D eigenvalue weighted by Gasteiger charge is -2.00. The number of unbranched alkanes of at least 4 members (excludes halogenated alkanes) is 2. The van der Waals surface area contributed by atoms with Crippen LogP contribution in [0, 0.1) is 0 Å². The van der Waals surface area contributed by atoms with Crippen molar-refractivity contribution < 1.29 is 8.42 Å². The number of sulfonamides is 1. The van der Waals surface area contributed by atoms with Gasteiger partial charge in [-0.2, -0.15) is 0 Å². The van der Waals surface area contributed by atoms with E-state index in [0.29, 0.717) is 18.1 Å². The summed E-state index contributed by atoms with van der Waals surface area (Å²) in [5.74, 6) is 0.0241. The van der Waals surface area contributed by atoms with Gasteiger partial charge in [0.2, 0.25) is 15.2 Å². The first-order valence-electron chi connectivity index (χ1n) is 4.44. The van der Waals surface area contributed by atoms with Crippen LogP contribution < -0.4 is 5.14 Å². The van der Waals surface area contributed by atoms with Gasteiger partial charge < -0.3 is 0 Å². The predicted molar refractivity (Wildman–Crippen MR) is 56.9 cm³/mol. The lowest BCUT2D eigenvalue weighted by Crippen LogP contribution is -2.16. The molecular formula is C6H13N5O2S2. The zero-order valence-electron chi connectivity index (χ0n) is 8.07. The highest BCUT2D eigenvalue weighted by Crippen LogP contribution is 2.03. The monoisotopic (exact) mass is 251 g/mol. The first-order valence-corrected chi connectivity index (χ1v) is 6.61. The maximum atomic E-state index is 10.6. The van der Waals surface area contributed by atoms with Gasteiger partial charge in [0.1, 0.15) is 0 Å². The smallest absolute Gasteiger partial charge is 0.209 e. The van der Waals surface area contributed by atoms with Crippen molar-refractivity contribution in [2.75, 3.05) is 5.75 Å². The van der Waals surface area contributed by atoms with Gasteiger partial charge in [-0.25, -0.2) is 18.2 Å². The summed E-state index contributed by atoms with van der Waals surface area (Å²) in [7, 11) is -3.33. The molecule has 0 unspecified atom stereocenters. The summed E-state index contributed by atoms with van der Waals surface area (Å²) >= 11 is 4.03. The SMILES string of the molecule is NS(=O)(=O)CCCCCn1nnnc1S. The molecule has 0 saturated heterocycles. The normalized spacial score (nSPS) is 11.9. The number of tetrazole rings is 1. The Morgan fingerprint density at radius 2 is 2.07 bits per heavy atom. The summed E-state index contributed by atoms with van der Waals surface area (Å²) in [6.07, 6.45) is 2.13. The number of rotatable bonds is 6. The second kappa shape index (κ2) is 5.42. The fraction of sp³-hybridized carbons (Fsp3) is 0.833. The molecule has 0 aliphatic carbocycles. The number of aryl methyl sites for hydroxylation is 1. The highest BCUT2D eigenvalue weighted by Gasteiger charge is 2.03. The highest BCUT2D eigenvalue weighted by atomic mass is 32.2. The number of hydrogen-bond donors (Lipinski definition) is 2. The molecule has 1 aromatic heterocycles. The lowest BCUT2D eigenvalue weighted by molar-refractivity contribution is 0.505. The van der Waals surface area contributed by atoms with Crippen molar-refractivity contribution in [2.24, 2.45) is 5.14 Å². The summed E-state index contributed by atoms with van der Waals surface area (Å²) in [6.45, 7) is 0.635. The van der Waals surface area contributed by atoms with Gasteiger partial charge in [-0.05, 0) is 23.3 Å². The van der Waals surface area contributed by atoms with E-state index in [2.05, 4.69) is 28.2 Å². The molecule has 0 bridgehead atoms. The van der Waals surface area contributed by atoms with Crippen LogP contribution in [0.3, 0.4) is 0 Å². The van der Waals surface area contributed by atoms with E-state index in [-0.39, 0.29) is 5.75 Å². The van der Waals surface area contributed by atoms with E-state index in [1.165, 1.54) is 0 Å². The van der Waals surface area contributed by atoms with E-state index >= 15 is 0 Å². The Bertz CT molecular complexity index is 401. The van der Waals surface area contributed by atoms with E-state index in [4.69, 9.17) is 5.14 Å². The third kappa shape index (κ3) is 5.09. The zero-order chi connectivity index (χ0) is 11.3. The molecule has 0 aliphatic heterocycles. The third-order valence-corrected chi connectivity index (χ3v) is 2.99. The van der Waals surface area contributed by atoms with Crippen LogP contribution >= 0.6 is 12.6 Å². The minimum atomic E-state index is -3.33. The van der Waals surface area contributed by atoms with Gasteiger partial charge in [-0.1, -0.05) is 6.42 Å². The van der Waals surface area contributed by atoms with Crippen molar-refractivity contribution in [3.63, 3.8) is 0 Å². The Morgan fingerprint density at radius 1 is 1.33 bits per heavy atom. The number of thiol groups is 1. The molecule has 15 heavy (non-hydrogen) atoms. The molecule has 0 aromatic carbocycles. The molecule has 1 aromatic rings. The van der Waals surface area contributed by atoms with Gasteiger partial charge in [-0.3, -0.25) is 0 Å². The van der Waals surface area contributed by atoms with Crippen LogP contribution in [-0.2, 0) is 16.6 Å². The lowest BCUT2D eigenvalue weighted by atomic mass is 10.2. The molecule has 1 heterocycles. The van der Waals surface area contributed by atoms with Crippen LogP contribution in [0.2, 0.25) is 0 Å². The number of nitrogens with two attached hydrogens (primary N) is 1. The molecule has 0 saturated carbocycles. The number of hydrogen-bond acceptors (Lipinski definition) is 6. The van der Waals surface area contributed by atoms with Crippen LogP contribution in [0.1, 0.15) is 19.3 Å². The van der Waals surface area contributed by atoms with Crippen LogP contribution in [0.15, 0.2) is 5.16 Å². The van der Waals surface area contributed by atoms with Gasteiger partial charge in [0, 0.05) is 6.54 Å². The Labute approximate surface area is 93.5 Å². The Kier molecular flexibility index (Phi) is 4.48. The van der Waals surface area contributed by atoms with Crippen LogP contribution in [0.5, 0.6) is 0 Å². The third-order valence-electron chi connectivity index (χ3n) is 1.81. The van der Waals surface area contributed by atoms with Gasteiger partial charge >= 0.3 is 0 Å². The molecule has 0 spiro atoms. The molecule has 7 nitrogen and oxygen atoms in total. The Balaban J connectivity index is 2.15. The number of aromatic nitrogens is 4. The van der Waals surface area contributed by atoms with Crippen molar-refractivity contribution in [1.82, 2.24) is 20.2 Å². The van der Waals surface area contributed by atoms with Crippen molar-refractivity contribution in [3.05, 3.63) is 0 Å². The van der Waals surface area contributed by atoms with E-state index in [1.807, 2.05) is 0 Å². The first-order chi connectivity index (χ1) is 6.99. The average Bonchev–Trinajstić information content (AvgIpc) is 2.49. The summed E-state index contributed by atoms with van der Waals surface area (Å²) in [4.78, 5) is 0. The minimum absolute atomic E-state index is 0.0241. The summed E-state index contributed by atoms with van der Waals surface area (Å²) in [6, 6.07) is 0. The maximum absolute atomic E-state index is 10.6. The number of primary sulfonamides is 1. The zero-order valence-corrected chi connectivity index (χ0v) is 9.78. The molecule has 0 atom stereocenters. The van der Waals surface area contributed by atoms with Crippen molar-refractivity contribution in [2.45, 2.75) is 31.0 Å². The van der Waals surface area contributed by atoms with E-state index in [1.54, 1.807) is 4.68 Å². The van der Waals surface area contributed by atoms with Crippen LogP contribution in [-0.4, -0.2) is 34.4 Å². The first kappa shape index (κ1) is 12.4. The molecule has 1 rings (SSSR count). The summed E-state index contributed by atoms with van der Waals surface area (Å²) in [5.41, 5.74) is 0. The van der Waals surface area contributed by atoms with E-state index in [9.17, 15) is 8.42 Å². The quantitative estimate of drug-likeness (QED) is 0.520. The Morgan fingerprint density at radius 3 is 2.60 bits per heavy atom. The predicted octanol–water partition coefficient (Wildman–Crippen LogP) is -0.579. The molecule has 9 heteroatoms.